The van der Waals surface area contributed by atoms with E-state index in [2.05, 4.69) is 29.4 Å². The van der Waals surface area contributed by atoms with E-state index in [9.17, 15) is 14.0 Å². The van der Waals surface area contributed by atoms with Crippen LogP contribution in [-0.2, 0) is 20.9 Å². The van der Waals surface area contributed by atoms with Crippen LogP contribution in [-0.4, -0.2) is 55.1 Å². The molecule has 1 spiro atoms. The monoisotopic (exact) mass is 475 g/mol. The summed E-state index contributed by atoms with van der Waals surface area (Å²) in [5.74, 6) is -0.0395. The lowest BCUT2D eigenvalue weighted by molar-refractivity contribution is -0.139. The molecule has 0 aromatic heterocycles. The summed E-state index contributed by atoms with van der Waals surface area (Å²) < 4.78 is 19.0. The van der Waals surface area contributed by atoms with Gasteiger partial charge in [-0.3, -0.25) is 14.5 Å². The molecule has 2 atom stereocenters. The topological polar surface area (TPSA) is 70.7 Å². The highest BCUT2D eigenvalue weighted by molar-refractivity contribution is 5.90. The maximum Gasteiger partial charge on any atom is 0.242 e. The first-order chi connectivity index (χ1) is 16.3. The zero-order valence-corrected chi connectivity index (χ0v) is 21.1. The van der Waals surface area contributed by atoms with Crippen molar-refractivity contribution in [3.63, 3.8) is 0 Å². The fourth-order valence-electron chi connectivity index (χ4n) is 5.08. The number of hydrogen-bond acceptors (Lipinski definition) is 4. The summed E-state index contributed by atoms with van der Waals surface area (Å²) in [7, 11) is 0. The van der Waals surface area contributed by atoms with Crippen molar-refractivity contribution < 1.29 is 18.7 Å². The number of halogens is 1. The number of rotatable bonds is 4. The van der Waals surface area contributed by atoms with E-state index in [1.807, 2.05) is 19.1 Å². The molecule has 1 aromatic carbocycles. The lowest BCUT2D eigenvalue weighted by Gasteiger charge is -2.41. The maximum absolute atomic E-state index is 13.7. The zero-order valence-electron chi connectivity index (χ0n) is 21.1. The Morgan fingerprint density at radius 3 is 2.44 bits per heavy atom. The number of carbonyl (C=O) groups excluding carboxylic acids is 2. The second kappa shape index (κ2) is 12.6. The zero-order chi connectivity index (χ0) is 24.6. The van der Waals surface area contributed by atoms with Crippen LogP contribution < -0.4 is 10.6 Å². The highest BCUT2D eigenvalue weighted by atomic mass is 19.1. The molecule has 2 N–H and O–H groups in total. The molecule has 6 nitrogen and oxygen atoms in total. The number of piperidine rings is 1. The molecule has 2 aliphatic rings. The Morgan fingerprint density at radius 2 is 1.76 bits per heavy atom. The van der Waals surface area contributed by atoms with Gasteiger partial charge in [0.25, 0.3) is 0 Å². The molecule has 0 bridgehead atoms. The number of hydrogen-bond donors (Lipinski definition) is 2. The molecule has 7 heteroatoms. The second-order valence-corrected chi connectivity index (χ2v) is 10.6. The molecule has 3 rings (SSSR count). The SMILES string of the molecule is CC(C)C[C@@H]1NC(=O)C2(CCCCCOC[C@@H](C)NC1=O)CCN(Cc1ccc(F)cc1)CC2. The maximum atomic E-state index is 13.7. The molecule has 2 amide bonds. The molecule has 190 valence electrons. The lowest BCUT2D eigenvalue weighted by atomic mass is 9.73. The number of benzene rings is 1. The third-order valence-corrected chi connectivity index (χ3v) is 7.14. The second-order valence-electron chi connectivity index (χ2n) is 10.6. The summed E-state index contributed by atoms with van der Waals surface area (Å²) in [6.45, 7) is 9.63. The normalized spacial score (nSPS) is 25.6. The Bertz CT molecular complexity index is 791. The molecular weight excluding hydrogens is 433 g/mol. The Labute approximate surface area is 204 Å². The quantitative estimate of drug-likeness (QED) is 0.690. The summed E-state index contributed by atoms with van der Waals surface area (Å²) in [5.41, 5.74) is 0.626. The van der Waals surface area contributed by atoms with Gasteiger partial charge in [0.05, 0.1) is 12.0 Å². The first kappa shape index (κ1) is 26.6. The Balaban J connectivity index is 1.71. The van der Waals surface area contributed by atoms with E-state index in [1.54, 1.807) is 0 Å². The van der Waals surface area contributed by atoms with E-state index >= 15 is 0 Å². The predicted molar refractivity (Wildman–Crippen MR) is 132 cm³/mol. The minimum absolute atomic E-state index is 0.0238. The van der Waals surface area contributed by atoms with Crippen LogP contribution in [0.2, 0.25) is 0 Å². The first-order valence-electron chi connectivity index (χ1n) is 12.9. The Hall–Kier alpha value is -1.99. The summed E-state index contributed by atoms with van der Waals surface area (Å²) in [6.07, 6.45) is 5.94. The van der Waals surface area contributed by atoms with Gasteiger partial charge < -0.3 is 15.4 Å². The summed E-state index contributed by atoms with van der Waals surface area (Å²) in [5, 5.41) is 6.18. The average Bonchev–Trinajstić information content (AvgIpc) is 2.79. The van der Waals surface area contributed by atoms with Gasteiger partial charge in [0, 0.05) is 19.2 Å². The van der Waals surface area contributed by atoms with Crippen LogP contribution in [0.4, 0.5) is 4.39 Å². The molecule has 0 aliphatic carbocycles. The van der Waals surface area contributed by atoms with Crippen molar-refractivity contribution in [1.82, 2.24) is 15.5 Å². The van der Waals surface area contributed by atoms with Crippen LogP contribution in [0.3, 0.4) is 0 Å². The fraction of sp³-hybridized carbons (Fsp3) is 0.704. The van der Waals surface area contributed by atoms with Gasteiger partial charge in [0.2, 0.25) is 11.8 Å². The van der Waals surface area contributed by atoms with E-state index < -0.39 is 11.5 Å². The van der Waals surface area contributed by atoms with Crippen LogP contribution in [0, 0.1) is 17.2 Å². The fourth-order valence-corrected chi connectivity index (χ4v) is 5.08. The van der Waals surface area contributed by atoms with Crippen LogP contribution in [0.5, 0.6) is 0 Å². The average molecular weight is 476 g/mol. The molecule has 0 saturated carbocycles. The Kier molecular flexibility index (Phi) is 9.89. The molecule has 2 fully saturated rings. The summed E-state index contributed by atoms with van der Waals surface area (Å²) in [4.78, 5) is 29.1. The highest BCUT2D eigenvalue weighted by Gasteiger charge is 2.42. The minimum Gasteiger partial charge on any atom is -0.379 e. The highest BCUT2D eigenvalue weighted by Crippen LogP contribution is 2.38. The van der Waals surface area contributed by atoms with E-state index in [0.29, 0.717) is 19.6 Å². The first-order valence-corrected chi connectivity index (χ1v) is 12.9. The van der Waals surface area contributed by atoms with Gasteiger partial charge >= 0.3 is 0 Å². The van der Waals surface area contributed by atoms with Crippen molar-refractivity contribution in [3.8, 4) is 0 Å². The molecule has 1 aromatic rings. The van der Waals surface area contributed by atoms with Gasteiger partial charge in [-0.2, -0.15) is 0 Å². The lowest BCUT2D eigenvalue weighted by Crippen LogP contribution is -2.56. The van der Waals surface area contributed by atoms with Crippen molar-refractivity contribution in [1.29, 1.82) is 0 Å². The third kappa shape index (κ3) is 7.77. The van der Waals surface area contributed by atoms with Crippen LogP contribution in [0.15, 0.2) is 24.3 Å². The van der Waals surface area contributed by atoms with Gasteiger partial charge in [0.15, 0.2) is 0 Å². The number of ether oxygens (including phenoxy) is 1. The van der Waals surface area contributed by atoms with Crippen LogP contribution >= 0.6 is 0 Å². The predicted octanol–water partition coefficient (Wildman–Crippen LogP) is 4.03. The molecule has 0 radical (unpaired) electrons. The van der Waals surface area contributed by atoms with Crippen LogP contribution in [0.25, 0.3) is 0 Å². The summed E-state index contributed by atoms with van der Waals surface area (Å²) >= 11 is 0. The molecule has 2 heterocycles. The number of amides is 2. The van der Waals surface area contributed by atoms with Gasteiger partial charge in [-0.05, 0) is 75.7 Å². The van der Waals surface area contributed by atoms with Crippen molar-refractivity contribution >= 4 is 11.8 Å². The molecule has 0 unspecified atom stereocenters. The number of nitrogens with zero attached hydrogens (tertiary/aromatic N) is 1. The van der Waals surface area contributed by atoms with Gasteiger partial charge in [-0.25, -0.2) is 4.39 Å². The van der Waals surface area contributed by atoms with Crippen molar-refractivity contribution in [2.24, 2.45) is 11.3 Å². The van der Waals surface area contributed by atoms with E-state index in [1.165, 1.54) is 12.1 Å². The minimum atomic E-state index is -0.535. The van der Waals surface area contributed by atoms with Crippen LogP contribution in [0.1, 0.15) is 71.3 Å². The smallest absolute Gasteiger partial charge is 0.242 e. The molecule has 2 aliphatic heterocycles. The number of carbonyl (C=O) groups is 2. The van der Waals surface area contributed by atoms with E-state index in [0.717, 1.165) is 63.7 Å². The third-order valence-electron chi connectivity index (χ3n) is 7.14. The molecule has 34 heavy (non-hydrogen) atoms. The molecule has 2 saturated heterocycles. The largest absolute Gasteiger partial charge is 0.379 e. The van der Waals surface area contributed by atoms with Crippen molar-refractivity contribution in [2.75, 3.05) is 26.3 Å². The number of likely N-dealkylation sites (tertiary alicyclic amines) is 1. The van der Waals surface area contributed by atoms with Gasteiger partial charge in [0.1, 0.15) is 11.9 Å². The van der Waals surface area contributed by atoms with E-state index in [-0.39, 0.29) is 29.6 Å². The van der Waals surface area contributed by atoms with Gasteiger partial charge in [-0.15, -0.1) is 0 Å². The van der Waals surface area contributed by atoms with Crippen molar-refractivity contribution in [2.45, 2.75) is 84.3 Å². The van der Waals surface area contributed by atoms with Crippen molar-refractivity contribution in [3.05, 3.63) is 35.6 Å². The summed E-state index contributed by atoms with van der Waals surface area (Å²) in [6, 6.07) is 6.02. The Morgan fingerprint density at radius 1 is 1.06 bits per heavy atom. The number of nitrogens with one attached hydrogen (secondary N) is 2. The van der Waals surface area contributed by atoms with E-state index in [4.69, 9.17) is 4.74 Å². The standard InChI is InChI=1S/C27H42FN3O3/c1-20(2)17-24-25(32)29-21(3)19-34-16-6-4-5-11-27(26(33)30-24)12-14-31(15-13-27)18-22-7-9-23(28)10-8-22/h7-10,20-21,24H,4-6,11-19H2,1-3H3,(H,29,32)(H,30,33)/t21-,24+/m1/s1. The van der Waals surface area contributed by atoms with Gasteiger partial charge in [-0.1, -0.05) is 38.8 Å². The molecular formula is C27H42FN3O3.